The number of quaternary nitrogens is 4. The van der Waals surface area contributed by atoms with Gasteiger partial charge < -0.3 is 116 Å². The number of nitrogens with two attached hydrogens (primary N) is 1. The van der Waals surface area contributed by atoms with Crippen LogP contribution in [0.2, 0.25) is 0 Å². The van der Waals surface area contributed by atoms with E-state index in [1.807, 2.05) is 41.5 Å². The number of benzene rings is 3. The van der Waals surface area contributed by atoms with Crippen molar-refractivity contribution in [2.45, 2.75) is 197 Å². The fourth-order valence-corrected chi connectivity index (χ4v) is 17.0. The summed E-state index contributed by atoms with van der Waals surface area (Å²) in [7, 11) is 0. The summed E-state index contributed by atoms with van der Waals surface area (Å²) in [5, 5.41) is 24.1. The normalized spacial score (nSPS) is 25.5. The van der Waals surface area contributed by atoms with Crippen LogP contribution in [0.3, 0.4) is 0 Å². The number of primary amides is 1. The van der Waals surface area contributed by atoms with E-state index in [1.54, 1.807) is 6.07 Å². The van der Waals surface area contributed by atoms with Crippen LogP contribution in [0.15, 0.2) is 63.8 Å². The Morgan fingerprint density at radius 3 is 1.16 bits per heavy atom. The highest BCUT2D eigenvalue weighted by Gasteiger charge is 2.57. The number of likely N-dealkylation sites (tertiary alicyclic amines) is 7. The van der Waals surface area contributed by atoms with Gasteiger partial charge in [0.25, 0.3) is 5.91 Å². The minimum absolute atomic E-state index is 0.00267. The molecule has 2 aromatic rings. The summed E-state index contributed by atoms with van der Waals surface area (Å²) in [6, 6.07) is 3.98. The third kappa shape index (κ3) is 20.8. The lowest BCUT2D eigenvalue weighted by molar-refractivity contribution is -0.370. The number of carboxylic acids is 1. The van der Waals surface area contributed by atoms with Crippen LogP contribution in [0.25, 0.3) is 33.4 Å². The molecule has 7 saturated heterocycles. The number of ether oxygens (including phenoxy) is 7. The summed E-state index contributed by atoms with van der Waals surface area (Å²) in [4.78, 5) is 173. The highest BCUT2D eigenvalue weighted by atomic mass is 16.5. The van der Waals surface area contributed by atoms with Crippen molar-refractivity contribution in [3.63, 3.8) is 0 Å². The van der Waals surface area contributed by atoms with E-state index in [0.717, 1.165) is 0 Å². The van der Waals surface area contributed by atoms with Gasteiger partial charge in [-0.25, -0.2) is 4.79 Å². The molecule has 7 fully saturated rings. The quantitative estimate of drug-likeness (QED) is 0.0190. The number of phenolic OH excluding ortho intramolecular Hbond substituents is 1. The Bertz CT molecular complexity index is 4180. The van der Waals surface area contributed by atoms with Gasteiger partial charge in [0.1, 0.15) is 59.4 Å². The molecule has 0 unspecified atom stereocenters. The van der Waals surface area contributed by atoms with Gasteiger partial charge in [-0.3, -0.25) is 47.9 Å². The smallest absolute Gasteiger partial charge is 0.336 e. The number of carbonyl (C=O) groups excluding carboxylic acids is 9. The van der Waals surface area contributed by atoms with Crippen molar-refractivity contribution >= 4 is 70.1 Å². The van der Waals surface area contributed by atoms with Crippen LogP contribution in [0.5, 0.6) is 5.75 Å². The molecule has 0 radical (unpaired) electrons. The van der Waals surface area contributed by atoms with E-state index >= 15 is 28.8 Å². The Kier molecular flexibility index (Phi) is 30.4. The first-order valence-electron chi connectivity index (χ1n) is 41.4. The molecule has 1 aliphatic carbocycles. The summed E-state index contributed by atoms with van der Waals surface area (Å²) in [5.74, 6) is -6.79. The Balaban J connectivity index is 0.870. The molecule has 636 valence electrons. The number of amides is 9. The SMILES string of the molecule is CC(C)CO[C@@H]1C[C@@H](C(=O)N2C[C@H](OCCC[NH3+])C[C@H]2C(=O)N2C[C@H](OCCC[NH3+])C[C@H]2C(=O)N2C[C@H](OCC(C)C)C[C@H]2C(=O)N2C[C@H](OCCC[NH3+])C[C@H]2C(=O)N2C[C@H](OCCC[NH3+])C[C@H]2C(=O)N2C[C@H](OCC(C)C)C[C@H]2C(N)=O)N(C(=O)CNC(=O)c2ccc(-c3c4ccc(=O)cc-4oc4cc(O)ccc34)c(C(=O)O)c2)C1. The highest BCUT2D eigenvalue weighted by molar-refractivity contribution is 6.09. The predicted octanol–water partition coefficient (Wildman–Crippen LogP) is -1.42. The first-order chi connectivity index (χ1) is 55.6. The van der Waals surface area contributed by atoms with Gasteiger partial charge in [-0.2, -0.15) is 0 Å². The maximum atomic E-state index is 16.2. The molecule has 17 N–H and O–H groups in total. The molecule has 8 aliphatic heterocycles. The number of hydrogen-bond acceptors (Lipinski definition) is 20. The molecule has 34 heteroatoms. The number of carbonyl (C=O) groups is 10. The predicted molar refractivity (Wildman–Crippen MR) is 418 cm³/mol. The first-order valence-corrected chi connectivity index (χ1v) is 41.4. The van der Waals surface area contributed by atoms with Crippen LogP contribution in [-0.2, 0) is 71.5 Å². The van der Waals surface area contributed by atoms with Crippen LogP contribution < -0.4 is 39.4 Å². The number of nitrogens with zero attached hydrogens (tertiary/aromatic N) is 7. The third-order valence-electron chi connectivity index (χ3n) is 22.7. The largest absolute Gasteiger partial charge is 0.508 e. The molecule has 11 rings (SSSR count). The number of carboxylic acid groups (broad SMARTS) is 1. The van der Waals surface area contributed by atoms with Crippen molar-refractivity contribution in [2.75, 3.05) is 125 Å². The van der Waals surface area contributed by atoms with Gasteiger partial charge in [0.15, 0.2) is 5.43 Å². The van der Waals surface area contributed by atoms with E-state index in [-0.39, 0.29) is 181 Å². The van der Waals surface area contributed by atoms with Crippen LogP contribution in [-0.4, -0.2) is 313 Å². The van der Waals surface area contributed by atoms with Gasteiger partial charge in [0.2, 0.25) is 47.3 Å². The van der Waals surface area contributed by atoms with Crippen LogP contribution in [0, 0.1) is 17.8 Å². The van der Waals surface area contributed by atoms with Crippen molar-refractivity contribution in [3.8, 4) is 28.2 Å². The molecule has 116 heavy (non-hydrogen) atoms. The second-order valence-electron chi connectivity index (χ2n) is 33.1. The molecule has 8 heterocycles. The molecule has 34 nitrogen and oxygen atoms in total. The second kappa shape index (κ2) is 40.1. The van der Waals surface area contributed by atoms with Gasteiger partial charge >= 0.3 is 5.97 Å². The zero-order valence-electron chi connectivity index (χ0n) is 67.9. The minimum Gasteiger partial charge on any atom is -0.508 e. The molecule has 9 aliphatic rings. The van der Waals surface area contributed by atoms with Crippen molar-refractivity contribution in [1.29, 1.82) is 0 Å². The molecule has 0 bridgehead atoms. The van der Waals surface area contributed by atoms with Crippen molar-refractivity contribution < 1.29 is 119 Å². The lowest BCUT2D eigenvalue weighted by atomic mass is 9.90. The number of aromatic hydroxyl groups is 1. The fraction of sp³-hybridized carbons (Fsp3) is 0.646. The van der Waals surface area contributed by atoms with E-state index < -0.39 is 151 Å². The standard InChI is InChI=1S/C82H117N13O21/c1-46(2)43-113-56-28-63(74(87)99)90(41-56)77(102)65-29-52(109-21-7-17-83)38-92(65)79(104)67-31-54(111-23-9-19-85)40-94(67)81(106)69-34-58(115-45-48(5)6)42-95(69)80(105)68-32-55(112-24-10-20-86)39-93(68)78(103)66-30-53(110-22-8-18-84)37-91(66)76(101)64-33-57(114-44-47(3)4)36-89(64)72(98)35-88-75(100)49-11-14-59(62(25-49)82(107)108)73-60-15-12-50(96)26-70(60)116-71-27-51(97)13-16-61(71)73/h11-16,25-27,46-48,52-58,63-69,96H,7-10,17-24,28-45,83-86H2,1-6H3,(H2,87,99)(H,88,100)(H,107,108)/p+4/t52-,53-,54-,55-,56-,57-,58-,63+,64+,65+,66+,67+,68+,69+/m1/s1. The maximum Gasteiger partial charge on any atom is 0.336 e. The van der Waals surface area contributed by atoms with Crippen molar-refractivity contribution in [1.82, 2.24) is 39.6 Å². The lowest BCUT2D eigenvalue weighted by Crippen LogP contribution is -2.59. The number of nitrogens with one attached hydrogen (secondary N) is 1. The third-order valence-corrected chi connectivity index (χ3v) is 22.7. The van der Waals surface area contributed by atoms with Crippen LogP contribution in [0.1, 0.15) is 133 Å². The van der Waals surface area contributed by atoms with Gasteiger partial charge in [0, 0.05) is 170 Å². The van der Waals surface area contributed by atoms with Gasteiger partial charge in [0.05, 0.1) is 107 Å². The molecular formula is C82H121N13O21+4. The second-order valence-corrected chi connectivity index (χ2v) is 33.1. The molecule has 2 aromatic carbocycles. The zero-order valence-corrected chi connectivity index (χ0v) is 67.9. The number of hydrogen-bond donors (Lipinski definition) is 8. The van der Waals surface area contributed by atoms with E-state index in [2.05, 4.69) is 28.3 Å². The lowest BCUT2D eigenvalue weighted by Gasteiger charge is -2.36. The van der Waals surface area contributed by atoms with E-state index in [9.17, 15) is 34.2 Å². The topological polar surface area (TPSA) is 477 Å². The summed E-state index contributed by atoms with van der Waals surface area (Å²) >= 11 is 0. The molecule has 0 saturated carbocycles. The summed E-state index contributed by atoms with van der Waals surface area (Å²) in [6.45, 7) is 15.1. The van der Waals surface area contributed by atoms with Crippen LogP contribution >= 0.6 is 0 Å². The van der Waals surface area contributed by atoms with E-state index in [0.29, 0.717) is 81.6 Å². The molecule has 0 aromatic heterocycles. The Hall–Kier alpha value is -8.81. The molecule has 14 atom stereocenters. The fourth-order valence-electron chi connectivity index (χ4n) is 17.0. The molecular weight excluding hydrogens is 1500 g/mol. The number of rotatable bonds is 37. The highest BCUT2D eigenvalue weighted by Crippen LogP contribution is 2.43. The first kappa shape index (κ1) is 88.0. The van der Waals surface area contributed by atoms with E-state index in [4.69, 9.17) is 43.3 Å². The number of fused-ring (bicyclic) bond motifs is 2. The maximum absolute atomic E-state index is 16.2. The Morgan fingerprint density at radius 1 is 0.457 bits per heavy atom. The minimum atomic E-state index is -1.40. The van der Waals surface area contributed by atoms with Crippen molar-refractivity contribution in [2.24, 2.45) is 23.5 Å². The average Bonchev–Trinajstić information content (AvgIpc) is 1.57. The summed E-state index contributed by atoms with van der Waals surface area (Å²) in [6.07, 6.45) is -1.84. The molecule has 0 spiro atoms. The van der Waals surface area contributed by atoms with E-state index in [1.165, 1.54) is 82.8 Å². The molecule has 9 amide bonds. The monoisotopic (exact) mass is 1620 g/mol. The van der Waals surface area contributed by atoms with Gasteiger partial charge in [-0.15, -0.1) is 0 Å². The van der Waals surface area contributed by atoms with Gasteiger partial charge in [-0.05, 0) is 59.7 Å². The number of aromatic carboxylic acids is 1. The average molecular weight is 1620 g/mol. The summed E-state index contributed by atoms with van der Waals surface area (Å²) in [5.41, 5.74) is 22.1. The summed E-state index contributed by atoms with van der Waals surface area (Å²) < 4.78 is 50.6. The Morgan fingerprint density at radius 2 is 0.802 bits per heavy atom. The zero-order chi connectivity index (χ0) is 83.3. The van der Waals surface area contributed by atoms with Crippen molar-refractivity contribution in [3.05, 3.63) is 75.9 Å². The van der Waals surface area contributed by atoms with Gasteiger partial charge in [-0.1, -0.05) is 47.6 Å². The Labute approximate surface area is 675 Å². The van der Waals surface area contributed by atoms with Crippen LogP contribution in [0.4, 0.5) is 0 Å². The number of phenols is 1.